The number of carbonyl (C=O) groups is 2. The van der Waals surface area contributed by atoms with Crippen LogP contribution in [-0.4, -0.2) is 52.7 Å². The molecule has 196 valence electrons. The Bertz CT molecular complexity index is 1370. The maximum absolute atomic E-state index is 13.5. The highest BCUT2D eigenvalue weighted by Crippen LogP contribution is 2.51. The van der Waals surface area contributed by atoms with Gasteiger partial charge < -0.3 is 20.3 Å². The Balaban J connectivity index is 1.25. The first-order valence-corrected chi connectivity index (χ1v) is 14.0. The number of hydrogen-bond donors (Lipinski definition) is 2. The molecule has 0 saturated carbocycles. The Hall–Kier alpha value is -3.56. The number of urea groups is 1. The molecule has 9 heteroatoms. The van der Waals surface area contributed by atoms with Crippen molar-refractivity contribution in [3.63, 3.8) is 0 Å². The van der Waals surface area contributed by atoms with E-state index in [1.165, 1.54) is 11.8 Å². The maximum Gasteiger partial charge on any atom is 0.327 e. The van der Waals surface area contributed by atoms with Crippen molar-refractivity contribution < 1.29 is 14.3 Å². The van der Waals surface area contributed by atoms with E-state index in [0.717, 1.165) is 65.8 Å². The summed E-state index contributed by atoms with van der Waals surface area (Å²) in [5.74, 6) is 1.41. The number of anilines is 2. The molecule has 2 N–H and O–H groups in total. The van der Waals surface area contributed by atoms with Crippen molar-refractivity contribution in [2.45, 2.75) is 49.0 Å². The third kappa shape index (κ3) is 4.61. The summed E-state index contributed by atoms with van der Waals surface area (Å²) in [5, 5.41) is 6.71. The highest BCUT2D eigenvalue weighted by atomic mass is 32.2. The molecule has 1 fully saturated rings. The van der Waals surface area contributed by atoms with Crippen molar-refractivity contribution >= 4 is 35.1 Å². The van der Waals surface area contributed by atoms with Gasteiger partial charge in [-0.3, -0.25) is 9.69 Å². The molecule has 4 heterocycles. The second-order valence-corrected chi connectivity index (χ2v) is 11.1. The van der Waals surface area contributed by atoms with Crippen LogP contribution in [0.15, 0.2) is 65.8 Å². The number of likely N-dealkylation sites (tertiary alicyclic amines) is 1. The molecular formula is C29H31N5O3S. The fourth-order valence-corrected chi connectivity index (χ4v) is 6.81. The number of piperidine rings is 1. The normalized spacial score (nSPS) is 22.5. The number of hydrogen-bond acceptors (Lipinski definition) is 6. The van der Waals surface area contributed by atoms with E-state index >= 15 is 0 Å². The molecule has 3 amide bonds. The van der Waals surface area contributed by atoms with Crippen LogP contribution in [0.25, 0.3) is 0 Å². The summed E-state index contributed by atoms with van der Waals surface area (Å²) < 4.78 is 5.98. The molecule has 2 aromatic carbocycles. The van der Waals surface area contributed by atoms with Crippen molar-refractivity contribution in [3.05, 3.63) is 71.9 Å². The third-order valence-corrected chi connectivity index (χ3v) is 8.74. The van der Waals surface area contributed by atoms with Gasteiger partial charge in [-0.25, -0.2) is 9.78 Å². The first kappa shape index (κ1) is 24.8. The number of amides is 3. The number of nitrogens with one attached hydrogen (secondary N) is 2. The minimum absolute atomic E-state index is 0.0424. The van der Waals surface area contributed by atoms with E-state index in [0.29, 0.717) is 5.75 Å². The number of rotatable bonds is 6. The Morgan fingerprint density at radius 3 is 2.79 bits per heavy atom. The van der Waals surface area contributed by atoms with Crippen LogP contribution < -0.4 is 20.3 Å². The lowest BCUT2D eigenvalue weighted by atomic mass is 9.98. The van der Waals surface area contributed by atoms with Crippen LogP contribution in [0.2, 0.25) is 0 Å². The van der Waals surface area contributed by atoms with Gasteiger partial charge in [0.05, 0.1) is 17.4 Å². The monoisotopic (exact) mass is 529 g/mol. The predicted molar refractivity (Wildman–Crippen MR) is 148 cm³/mol. The van der Waals surface area contributed by atoms with Crippen LogP contribution in [0.4, 0.5) is 16.2 Å². The van der Waals surface area contributed by atoms with Gasteiger partial charge in [-0.1, -0.05) is 36.9 Å². The Morgan fingerprint density at radius 1 is 1.16 bits per heavy atom. The SMILES string of the molecule is CCN1CCCC(NC(=O)[C@@H]2Sc3nccc4c3C2NC(=O)N4c2ccc(Oc3ccccc3)cc2C)C1. The van der Waals surface area contributed by atoms with Gasteiger partial charge in [0.2, 0.25) is 5.91 Å². The van der Waals surface area contributed by atoms with E-state index in [-0.39, 0.29) is 18.0 Å². The van der Waals surface area contributed by atoms with Gasteiger partial charge in [-0.05, 0) is 74.8 Å². The Labute approximate surface area is 226 Å². The van der Waals surface area contributed by atoms with Gasteiger partial charge in [0.15, 0.2) is 0 Å². The van der Waals surface area contributed by atoms with Crippen molar-refractivity contribution in [2.75, 3.05) is 24.5 Å². The zero-order valence-corrected chi connectivity index (χ0v) is 22.3. The van der Waals surface area contributed by atoms with Gasteiger partial charge in [0.25, 0.3) is 0 Å². The van der Waals surface area contributed by atoms with Crippen LogP contribution in [0.5, 0.6) is 11.5 Å². The number of thioether (sulfide) groups is 1. The van der Waals surface area contributed by atoms with Gasteiger partial charge in [-0.2, -0.15) is 0 Å². The fourth-order valence-electron chi connectivity index (χ4n) is 5.58. The van der Waals surface area contributed by atoms with Gasteiger partial charge in [0.1, 0.15) is 21.8 Å². The van der Waals surface area contributed by atoms with E-state index in [9.17, 15) is 9.59 Å². The molecule has 3 aromatic rings. The molecular weight excluding hydrogens is 498 g/mol. The Kier molecular flexibility index (Phi) is 6.71. The lowest BCUT2D eigenvalue weighted by molar-refractivity contribution is -0.122. The van der Waals surface area contributed by atoms with Gasteiger partial charge >= 0.3 is 6.03 Å². The van der Waals surface area contributed by atoms with Gasteiger partial charge in [0, 0.05) is 24.3 Å². The van der Waals surface area contributed by atoms with E-state index < -0.39 is 11.3 Å². The second kappa shape index (κ2) is 10.3. The van der Waals surface area contributed by atoms with Gasteiger partial charge in [-0.15, -0.1) is 0 Å². The second-order valence-electron chi connectivity index (χ2n) is 9.95. The average Bonchev–Trinajstić information content (AvgIpc) is 3.30. The molecule has 2 unspecified atom stereocenters. The molecule has 1 saturated heterocycles. The minimum Gasteiger partial charge on any atom is -0.457 e. The summed E-state index contributed by atoms with van der Waals surface area (Å²) in [6, 6.07) is 16.6. The van der Waals surface area contributed by atoms with Crippen LogP contribution in [-0.2, 0) is 4.79 Å². The van der Waals surface area contributed by atoms with E-state index in [1.54, 1.807) is 11.1 Å². The summed E-state index contributed by atoms with van der Waals surface area (Å²) in [6.07, 6.45) is 3.77. The number of nitrogens with zero attached hydrogens (tertiary/aromatic N) is 3. The van der Waals surface area contributed by atoms with Crippen molar-refractivity contribution in [3.8, 4) is 11.5 Å². The number of aromatic nitrogens is 1. The number of para-hydroxylation sites is 1. The molecule has 6 rings (SSSR count). The summed E-state index contributed by atoms with van der Waals surface area (Å²) in [4.78, 5) is 35.6. The van der Waals surface area contributed by atoms with E-state index in [1.807, 2.05) is 61.5 Å². The third-order valence-electron chi connectivity index (χ3n) is 7.45. The van der Waals surface area contributed by atoms with Crippen molar-refractivity contribution in [2.24, 2.45) is 0 Å². The molecule has 1 aromatic heterocycles. The molecule has 3 aliphatic rings. The lowest BCUT2D eigenvalue weighted by Gasteiger charge is -2.36. The zero-order valence-electron chi connectivity index (χ0n) is 21.5. The maximum atomic E-state index is 13.5. The zero-order chi connectivity index (χ0) is 26.2. The number of ether oxygens (including phenoxy) is 1. The quantitative estimate of drug-likeness (QED) is 0.459. The fraction of sp³-hybridized carbons (Fsp3) is 0.345. The topological polar surface area (TPSA) is 86.8 Å². The highest BCUT2D eigenvalue weighted by Gasteiger charge is 2.47. The highest BCUT2D eigenvalue weighted by molar-refractivity contribution is 8.01. The van der Waals surface area contributed by atoms with E-state index in [2.05, 4.69) is 27.4 Å². The van der Waals surface area contributed by atoms with Crippen molar-refractivity contribution in [1.29, 1.82) is 0 Å². The minimum atomic E-state index is -0.454. The molecule has 0 bridgehead atoms. The smallest absolute Gasteiger partial charge is 0.327 e. The van der Waals surface area contributed by atoms with Crippen LogP contribution in [0.1, 0.15) is 36.9 Å². The summed E-state index contributed by atoms with van der Waals surface area (Å²) in [5.41, 5.74) is 3.33. The largest absolute Gasteiger partial charge is 0.457 e. The lowest BCUT2D eigenvalue weighted by Crippen LogP contribution is -2.53. The first-order chi connectivity index (χ1) is 18.5. The van der Waals surface area contributed by atoms with Crippen LogP contribution in [0.3, 0.4) is 0 Å². The first-order valence-electron chi connectivity index (χ1n) is 13.1. The van der Waals surface area contributed by atoms with Crippen LogP contribution in [0, 0.1) is 6.92 Å². The molecule has 8 nitrogen and oxygen atoms in total. The van der Waals surface area contributed by atoms with Crippen molar-refractivity contribution in [1.82, 2.24) is 20.5 Å². The summed E-state index contributed by atoms with van der Waals surface area (Å²) in [7, 11) is 0. The molecule has 3 atom stereocenters. The molecule has 0 radical (unpaired) electrons. The molecule has 0 aliphatic carbocycles. The predicted octanol–water partition coefficient (Wildman–Crippen LogP) is 5.16. The van der Waals surface area contributed by atoms with E-state index in [4.69, 9.17) is 4.74 Å². The number of carbonyl (C=O) groups excluding carboxylic acids is 2. The van der Waals surface area contributed by atoms with Crippen LogP contribution >= 0.6 is 11.8 Å². The number of aryl methyl sites for hydroxylation is 1. The average molecular weight is 530 g/mol. The Morgan fingerprint density at radius 2 is 2.00 bits per heavy atom. The summed E-state index contributed by atoms with van der Waals surface area (Å²) in [6.45, 7) is 7.03. The molecule has 38 heavy (non-hydrogen) atoms. The molecule has 0 spiro atoms. The summed E-state index contributed by atoms with van der Waals surface area (Å²) >= 11 is 1.44. The molecule has 3 aliphatic heterocycles. The number of benzene rings is 2. The number of pyridine rings is 1. The number of likely N-dealkylation sites (N-methyl/N-ethyl adjacent to an activating group) is 1. The standard InChI is InChI=1S/C29H31N5O3S/c1-3-33-15-7-8-19(17-33)31-27(35)26-25-24-23(13-14-30-28(24)38-26)34(29(36)32-25)22-12-11-21(16-18(22)2)37-20-9-5-4-6-10-20/h4-6,9-14,16,19,25-26H,3,7-8,15,17H2,1-2H3,(H,31,35)(H,32,36)/t19?,25?,26-/m1/s1.